The van der Waals surface area contributed by atoms with Gasteiger partial charge in [-0.05, 0) is 43.7 Å². The quantitative estimate of drug-likeness (QED) is 0.496. The molecule has 0 atom stereocenters. The van der Waals surface area contributed by atoms with E-state index in [1.165, 1.54) is 18.2 Å². The van der Waals surface area contributed by atoms with E-state index in [2.05, 4.69) is 25.3 Å². The van der Waals surface area contributed by atoms with E-state index in [1.807, 2.05) is 26.0 Å². The first-order valence-corrected chi connectivity index (χ1v) is 9.13. The predicted octanol–water partition coefficient (Wildman–Crippen LogP) is 6.18. The van der Waals surface area contributed by atoms with E-state index in [0.29, 0.717) is 34.6 Å². The summed E-state index contributed by atoms with van der Waals surface area (Å²) < 4.78 is 41.6. The molecule has 3 aromatic rings. The third-order valence-corrected chi connectivity index (χ3v) is 4.28. The normalized spacial score (nSPS) is 11.2. The molecule has 0 saturated carbocycles. The number of aromatic nitrogens is 2. The van der Waals surface area contributed by atoms with Gasteiger partial charge in [-0.15, -0.1) is 13.2 Å². The van der Waals surface area contributed by atoms with E-state index in [4.69, 9.17) is 11.6 Å². The fourth-order valence-electron chi connectivity index (χ4n) is 2.57. The number of nitrogens with zero attached hydrogens (tertiary/aromatic N) is 2. The van der Waals surface area contributed by atoms with E-state index < -0.39 is 6.36 Å². The van der Waals surface area contributed by atoms with Crippen molar-refractivity contribution in [2.45, 2.75) is 20.2 Å². The van der Waals surface area contributed by atoms with E-state index in [1.54, 1.807) is 18.2 Å². The van der Waals surface area contributed by atoms with Gasteiger partial charge in [0.25, 0.3) is 0 Å². The fraction of sp³-hybridized carbons (Fsp3) is 0.200. The lowest BCUT2D eigenvalue weighted by Crippen LogP contribution is -2.17. The van der Waals surface area contributed by atoms with E-state index in [-0.39, 0.29) is 5.75 Å². The summed E-state index contributed by atoms with van der Waals surface area (Å²) in [5.74, 6) is 0.485. The Morgan fingerprint density at radius 1 is 1.07 bits per heavy atom. The molecule has 1 aromatic heterocycles. The van der Waals surface area contributed by atoms with Gasteiger partial charge in [-0.2, -0.15) is 4.98 Å². The number of halogens is 4. The monoisotopic (exact) mass is 422 g/mol. The van der Waals surface area contributed by atoms with Crippen LogP contribution >= 0.6 is 11.6 Å². The summed E-state index contributed by atoms with van der Waals surface area (Å²) in [6.07, 6.45) is -4.77. The minimum Gasteiger partial charge on any atom is -0.406 e. The van der Waals surface area contributed by atoms with Crippen molar-refractivity contribution in [2.24, 2.45) is 0 Å². The Kier molecular flexibility index (Phi) is 6.12. The standard InChI is InChI=1S/C20H18ClF3N4O/c1-3-25-19-27-17(13-5-4-6-15(9-13)29-20(22,23)24)11-18(28-19)26-14-8-7-12(2)16(21)10-14/h4-11H,3H2,1-2H3,(H2,25,26,27,28). The number of anilines is 3. The molecule has 152 valence electrons. The third-order valence-electron chi connectivity index (χ3n) is 3.87. The maximum absolute atomic E-state index is 12.5. The summed E-state index contributed by atoms with van der Waals surface area (Å²) in [6.45, 7) is 4.37. The molecule has 0 aliphatic rings. The van der Waals surface area contributed by atoms with Crippen LogP contribution in [0, 0.1) is 6.92 Å². The fourth-order valence-corrected chi connectivity index (χ4v) is 2.75. The highest BCUT2D eigenvalue weighted by molar-refractivity contribution is 6.31. The maximum atomic E-state index is 12.5. The Bertz CT molecular complexity index is 1010. The molecule has 29 heavy (non-hydrogen) atoms. The van der Waals surface area contributed by atoms with Crippen LogP contribution in [0.4, 0.5) is 30.6 Å². The van der Waals surface area contributed by atoms with Gasteiger partial charge in [0.15, 0.2) is 0 Å². The van der Waals surface area contributed by atoms with Crippen molar-refractivity contribution in [3.8, 4) is 17.0 Å². The first-order valence-electron chi connectivity index (χ1n) is 8.76. The molecule has 0 spiro atoms. The van der Waals surface area contributed by atoms with Gasteiger partial charge in [0.1, 0.15) is 11.6 Å². The van der Waals surface area contributed by atoms with Crippen LogP contribution in [0.2, 0.25) is 5.02 Å². The molecule has 0 bridgehead atoms. The molecule has 1 heterocycles. The molecule has 0 fully saturated rings. The zero-order valence-electron chi connectivity index (χ0n) is 15.6. The van der Waals surface area contributed by atoms with Crippen LogP contribution < -0.4 is 15.4 Å². The number of alkyl halides is 3. The minimum atomic E-state index is -4.77. The lowest BCUT2D eigenvalue weighted by molar-refractivity contribution is -0.274. The third kappa shape index (κ3) is 5.74. The van der Waals surface area contributed by atoms with Gasteiger partial charge < -0.3 is 15.4 Å². The molecule has 0 unspecified atom stereocenters. The molecule has 0 amide bonds. The summed E-state index contributed by atoms with van der Waals surface area (Å²) in [5.41, 5.74) is 2.56. The zero-order chi connectivity index (χ0) is 21.0. The van der Waals surface area contributed by atoms with Crippen LogP contribution in [0.1, 0.15) is 12.5 Å². The number of ether oxygens (including phenoxy) is 1. The van der Waals surface area contributed by atoms with Crippen LogP contribution in [-0.2, 0) is 0 Å². The van der Waals surface area contributed by atoms with Crippen molar-refractivity contribution in [3.05, 3.63) is 59.1 Å². The van der Waals surface area contributed by atoms with E-state index >= 15 is 0 Å². The molecule has 0 aliphatic carbocycles. The number of rotatable bonds is 6. The number of hydrogen-bond donors (Lipinski definition) is 2. The van der Waals surface area contributed by atoms with Gasteiger partial charge in [-0.25, -0.2) is 4.98 Å². The van der Waals surface area contributed by atoms with Crippen molar-refractivity contribution < 1.29 is 17.9 Å². The van der Waals surface area contributed by atoms with Crippen LogP contribution in [-0.4, -0.2) is 22.9 Å². The smallest absolute Gasteiger partial charge is 0.406 e. The minimum absolute atomic E-state index is 0.321. The highest BCUT2D eigenvalue weighted by Gasteiger charge is 2.31. The predicted molar refractivity (Wildman–Crippen MR) is 108 cm³/mol. The Balaban J connectivity index is 1.96. The van der Waals surface area contributed by atoms with Gasteiger partial charge in [-0.1, -0.05) is 29.8 Å². The largest absolute Gasteiger partial charge is 0.573 e. The second-order valence-electron chi connectivity index (χ2n) is 6.16. The van der Waals surface area contributed by atoms with Crippen molar-refractivity contribution in [1.82, 2.24) is 9.97 Å². The van der Waals surface area contributed by atoms with Gasteiger partial charge in [0.05, 0.1) is 5.69 Å². The SMILES string of the molecule is CCNc1nc(Nc2ccc(C)c(Cl)c2)cc(-c2cccc(OC(F)(F)F)c2)n1. The van der Waals surface area contributed by atoms with Crippen molar-refractivity contribution >= 4 is 29.1 Å². The average molecular weight is 423 g/mol. The summed E-state index contributed by atoms with van der Waals surface area (Å²) >= 11 is 6.17. The Labute approximate surface area is 170 Å². The molecule has 0 saturated heterocycles. The molecule has 3 rings (SSSR count). The van der Waals surface area contributed by atoms with Crippen LogP contribution in [0.15, 0.2) is 48.5 Å². The highest BCUT2D eigenvalue weighted by atomic mass is 35.5. The Morgan fingerprint density at radius 3 is 2.55 bits per heavy atom. The van der Waals surface area contributed by atoms with Crippen molar-refractivity contribution in [3.63, 3.8) is 0 Å². The number of aryl methyl sites for hydroxylation is 1. The maximum Gasteiger partial charge on any atom is 0.573 e. The summed E-state index contributed by atoms with van der Waals surface area (Å²) in [6, 6.07) is 12.8. The topological polar surface area (TPSA) is 59.1 Å². The second kappa shape index (κ2) is 8.57. The molecular formula is C20H18ClF3N4O. The molecule has 0 radical (unpaired) electrons. The average Bonchev–Trinajstić information content (AvgIpc) is 2.64. The van der Waals surface area contributed by atoms with Gasteiger partial charge in [0.2, 0.25) is 5.95 Å². The van der Waals surface area contributed by atoms with Crippen LogP contribution in [0.3, 0.4) is 0 Å². The number of nitrogens with one attached hydrogen (secondary N) is 2. The number of benzene rings is 2. The van der Waals surface area contributed by atoms with Gasteiger partial charge in [-0.3, -0.25) is 0 Å². The first-order chi connectivity index (χ1) is 13.7. The summed E-state index contributed by atoms with van der Waals surface area (Å²) in [4.78, 5) is 8.77. The molecule has 2 aromatic carbocycles. The lowest BCUT2D eigenvalue weighted by atomic mass is 10.1. The van der Waals surface area contributed by atoms with E-state index in [9.17, 15) is 13.2 Å². The van der Waals surface area contributed by atoms with E-state index in [0.717, 1.165) is 11.3 Å². The molecule has 2 N–H and O–H groups in total. The van der Waals surface area contributed by atoms with Crippen LogP contribution in [0.25, 0.3) is 11.3 Å². The zero-order valence-corrected chi connectivity index (χ0v) is 16.4. The number of hydrogen-bond acceptors (Lipinski definition) is 5. The molecule has 5 nitrogen and oxygen atoms in total. The first kappa shape index (κ1) is 20.7. The molecule has 9 heteroatoms. The van der Waals surface area contributed by atoms with Crippen molar-refractivity contribution in [1.29, 1.82) is 0 Å². The highest BCUT2D eigenvalue weighted by Crippen LogP contribution is 2.30. The Hall–Kier alpha value is -3.00. The van der Waals surface area contributed by atoms with Gasteiger partial charge >= 0.3 is 6.36 Å². The molecule has 0 aliphatic heterocycles. The second-order valence-corrected chi connectivity index (χ2v) is 6.56. The lowest BCUT2D eigenvalue weighted by Gasteiger charge is -2.13. The van der Waals surface area contributed by atoms with Crippen molar-refractivity contribution in [2.75, 3.05) is 17.2 Å². The van der Waals surface area contributed by atoms with Crippen LogP contribution in [0.5, 0.6) is 5.75 Å². The summed E-state index contributed by atoms with van der Waals surface area (Å²) in [5, 5.41) is 6.77. The Morgan fingerprint density at radius 2 is 1.86 bits per heavy atom. The van der Waals surface area contributed by atoms with Gasteiger partial charge in [0, 0.05) is 28.9 Å². The molecular weight excluding hydrogens is 405 g/mol. The summed E-state index contributed by atoms with van der Waals surface area (Å²) in [7, 11) is 0.